The highest BCUT2D eigenvalue weighted by molar-refractivity contribution is 5.76. The molecular weight excluding hydrogens is 298 g/mol. The van der Waals surface area contributed by atoms with Crippen molar-refractivity contribution in [2.75, 3.05) is 38.6 Å². The van der Waals surface area contributed by atoms with Crippen LogP contribution in [-0.4, -0.2) is 50.6 Å². The van der Waals surface area contributed by atoms with Crippen LogP contribution >= 0.6 is 0 Å². The highest BCUT2D eigenvalue weighted by atomic mass is 16.1. The second-order valence-corrected chi connectivity index (χ2v) is 7.01. The SMILES string of the molecule is CC[C@@H]1CCCCN1CCNC(=O)CCc1cccc(N(C)C)c1. The van der Waals surface area contributed by atoms with Crippen molar-refractivity contribution in [3.8, 4) is 0 Å². The number of amides is 1. The van der Waals surface area contributed by atoms with Crippen LogP contribution in [0.25, 0.3) is 0 Å². The molecule has 0 aromatic heterocycles. The third-order valence-corrected chi connectivity index (χ3v) is 5.01. The second kappa shape index (κ2) is 9.67. The topological polar surface area (TPSA) is 35.6 Å². The molecule has 0 bridgehead atoms. The van der Waals surface area contributed by atoms with Crippen molar-refractivity contribution >= 4 is 11.6 Å². The highest BCUT2D eigenvalue weighted by Gasteiger charge is 2.20. The van der Waals surface area contributed by atoms with E-state index in [0.717, 1.165) is 19.5 Å². The Balaban J connectivity index is 1.69. The number of hydrogen-bond acceptors (Lipinski definition) is 3. The summed E-state index contributed by atoms with van der Waals surface area (Å²) in [5.41, 5.74) is 2.40. The van der Waals surface area contributed by atoms with E-state index in [2.05, 4.69) is 46.3 Å². The Kier molecular flexibility index (Phi) is 7.57. The normalized spacial score (nSPS) is 18.4. The van der Waals surface area contributed by atoms with Crippen LogP contribution in [0.2, 0.25) is 0 Å². The van der Waals surface area contributed by atoms with E-state index in [4.69, 9.17) is 0 Å². The van der Waals surface area contributed by atoms with E-state index in [1.54, 1.807) is 0 Å². The van der Waals surface area contributed by atoms with E-state index in [0.29, 0.717) is 12.5 Å². The van der Waals surface area contributed by atoms with Crippen molar-refractivity contribution < 1.29 is 4.79 Å². The average molecular weight is 332 g/mol. The summed E-state index contributed by atoms with van der Waals surface area (Å²) in [6.07, 6.45) is 6.55. The molecule has 0 spiro atoms. The fraction of sp³-hybridized carbons (Fsp3) is 0.650. The van der Waals surface area contributed by atoms with Gasteiger partial charge in [0.1, 0.15) is 0 Å². The van der Waals surface area contributed by atoms with Gasteiger partial charge in [0.2, 0.25) is 5.91 Å². The third-order valence-electron chi connectivity index (χ3n) is 5.01. The Morgan fingerprint density at radius 2 is 2.17 bits per heavy atom. The first kappa shape index (κ1) is 18.8. The van der Waals surface area contributed by atoms with Gasteiger partial charge in [-0.25, -0.2) is 0 Å². The second-order valence-electron chi connectivity index (χ2n) is 7.01. The summed E-state index contributed by atoms with van der Waals surface area (Å²) < 4.78 is 0. The van der Waals surface area contributed by atoms with Gasteiger partial charge in [-0.2, -0.15) is 0 Å². The van der Waals surface area contributed by atoms with Crippen LogP contribution < -0.4 is 10.2 Å². The van der Waals surface area contributed by atoms with Gasteiger partial charge in [0.05, 0.1) is 0 Å². The third kappa shape index (κ3) is 5.82. The zero-order valence-electron chi connectivity index (χ0n) is 15.6. The maximum Gasteiger partial charge on any atom is 0.220 e. The number of piperidine rings is 1. The fourth-order valence-electron chi connectivity index (χ4n) is 3.49. The minimum Gasteiger partial charge on any atom is -0.378 e. The molecule has 1 amide bonds. The summed E-state index contributed by atoms with van der Waals surface area (Å²) >= 11 is 0. The molecule has 1 aromatic rings. The Bertz CT molecular complexity index is 515. The predicted molar refractivity (Wildman–Crippen MR) is 102 cm³/mol. The molecule has 0 unspecified atom stereocenters. The number of aryl methyl sites for hydroxylation is 1. The van der Waals surface area contributed by atoms with E-state index in [1.165, 1.54) is 43.5 Å². The maximum absolute atomic E-state index is 12.1. The largest absolute Gasteiger partial charge is 0.378 e. The first-order chi connectivity index (χ1) is 11.6. The molecule has 2 rings (SSSR count). The number of rotatable bonds is 8. The van der Waals surface area contributed by atoms with Gasteiger partial charge in [0, 0.05) is 45.3 Å². The number of carbonyl (C=O) groups excluding carboxylic acids is 1. The van der Waals surface area contributed by atoms with Crippen LogP contribution in [0.1, 0.15) is 44.6 Å². The molecule has 1 heterocycles. The first-order valence-corrected chi connectivity index (χ1v) is 9.37. The molecule has 134 valence electrons. The maximum atomic E-state index is 12.1. The number of hydrogen-bond donors (Lipinski definition) is 1. The van der Waals surface area contributed by atoms with Gasteiger partial charge in [-0.05, 0) is 49.9 Å². The highest BCUT2D eigenvalue weighted by Crippen LogP contribution is 2.18. The summed E-state index contributed by atoms with van der Waals surface area (Å²) in [4.78, 5) is 16.7. The first-order valence-electron chi connectivity index (χ1n) is 9.37. The molecular formula is C20H33N3O. The lowest BCUT2D eigenvalue weighted by Crippen LogP contribution is -2.43. The monoisotopic (exact) mass is 331 g/mol. The molecule has 4 nitrogen and oxygen atoms in total. The molecule has 0 aliphatic carbocycles. The number of nitrogens with zero attached hydrogens (tertiary/aromatic N) is 2. The van der Waals surface area contributed by atoms with Crippen LogP contribution in [0.5, 0.6) is 0 Å². The quantitative estimate of drug-likeness (QED) is 0.795. The minimum absolute atomic E-state index is 0.162. The van der Waals surface area contributed by atoms with Crippen molar-refractivity contribution in [2.24, 2.45) is 0 Å². The van der Waals surface area contributed by atoms with E-state index >= 15 is 0 Å². The number of benzene rings is 1. The summed E-state index contributed by atoms with van der Waals surface area (Å²) in [7, 11) is 4.08. The molecule has 1 aliphatic rings. The lowest BCUT2D eigenvalue weighted by molar-refractivity contribution is -0.121. The van der Waals surface area contributed by atoms with Gasteiger partial charge >= 0.3 is 0 Å². The van der Waals surface area contributed by atoms with Crippen LogP contribution in [0.3, 0.4) is 0 Å². The van der Waals surface area contributed by atoms with Gasteiger partial charge in [-0.15, -0.1) is 0 Å². The van der Waals surface area contributed by atoms with Crippen LogP contribution in [0, 0.1) is 0 Å². The molecule has 1 saturated heterocycles. The molecule has 1 aromatic carbocycles. The predicted octanol–water partition coefficient (Wildman–Crippen LogP) is 3.07. The smallest absolute Gasteiger partial charge is 0.220 e. The van der Waals surface area contributed by atoms with Crippen molar-refractivity contribution in [3.05, 3.63) is 29.8 Å². The Morgan fingerprint density at radius 3 is 2.92 bits per heavy atom. The minimum atomic E-state index is 0.162. The zero-order valence-corrected chi connectivity index (χ0v) is 15.6. The van der Waals surface area contributed by atoms with Gasteiger partial charge < -0.3 is 10.2 Å². The Hall–Kier alpha value is -1.55. The van der Waals surface area contributed by atoms with Crippen LogP contribution in [0.4, 0.5) is 5.69 Å². The standard InChI is InChI=1S/C20H33N3O/c1-4-18-9-5-6-14-23(18)15-13-21-20(24)12-11-17-8-7-10-19(16-17)22(2)3/h7-8,10,16,18H,4-6,9,11-15H2,1-3H3,(H,21,24)/t18-/m1/s1. The van der Waals surface area contributed by atoms with Crippen molar-refractivity contribution in [1.82, 2.24) is 10.2 Å². The summed E-state index contributed by atoms with van der Waals surface area (Å²) in [5.74, 6) is 0.162. The molecule has 24 heavy (non-hydrogen) atoms. The number of nitrogens with one attached hydrogen (secondary N) is 1. The van der Waals surface area contributed by atoms with Crippen molar-refractivity contribution in [3.63, 3.8) is 0 Å². The number of likely N-dealkylation sites (tertiary alicyclic amines) is 1. The fourth-order valence-corrected chi connectivity index (χ4v) is 3.49. The molecule has 0 saturated carbocycles. The molecule has 1 N–H and O–H groups in total. The Morgan fingerprint density at radius 1 is 1.33 bits per heavy atom. The molecule has 1 aliphatic heterocycles. The molecule has 1 atom stereocenters. The lowest BCUT2D eigenvalue weighted by atomic mass is 10.0. The molecule has 0 radical (unpaired) electrons. The van der Waals surface area contributed by atoms with E-state index < -0.39 is 0 Å². The molecule has 1 fully saturated rings. The zero-order chi connectivity index (χ0) is 17.4. The van der Waals surface area contributed by atoms with Crippen molar-refractivity contribution in [1.29, 1.82) is 0 Å². The van der Waals surface area contributed by atoms with Crippen molar-refractivity contribution in [2.45, 2.75) is 51.5 Å². The Labute approximate surface area is 147 Å². The van der Waals surface area contributed by atoms with Gasteiger partial charge in [-0.1, -0.05) is 25.5 Å². The van der Waals surface area contributed by atoms with Gasteiger partial charge in [-0.3, -0.25) is 9.69 Å². The summed E-state index contributed by atoms with van der Waals surface area (Å²) in [6, 6.07) is 9.12. The van der Waals surface area contributed by atoms with E-state index in [-0.39, 0.29) is 5.91 Å². The summed E-state index contributed by atoms with van der Waals surface area (Å²) in [5, 5.41) is 3.09. The van der Waals surface area contributed by atoms with E-state index in [9.17, 15) is 4.79 Å². The number of anilines is 1. The molecule has 4 heteroatoms. The average Bonchev–Trinajstić information content (AvgIpc) is 2.60. The summed E-state index contributed by atoms with van der Waals surface area (Å²) in [6.45, 7) is 5.21. The van der Waals surface area contributed by atoms with Gasteiger partial charge in [0.15, 0.2) is 0 Å². The van der Waals surface area contributed by atoms with E-state index in [1.807, 2.05) is 14.1 Å². The number of carbonyl (C=O) groups is 1. The van der Waals surface area contributed by atoms with Gasteiger partial charge in [0.25, 0.3) is 0 Å². The van der Waals surface area contributed by atoms with Crippen LogP contribution in [0.15, 0.2) is 24.3 Å². The lowest BCUT2D eigenvalue weighted by Gasteiger charge is -2.35. The van der Waals surface area contributed by atoms with Crippen LogP contribution in [-0.2, 0) is 11.2 Å².